The molecular weight excluding hydrogens is 344 g/mol. The number of thiazole rings is 1. The summed E-state index contributed by atoms with van der Waals surface area (Å²) in [6.07, 6.45) is 3.81. The van der Waals surface area contributed by atoms with Gasteiger partial charge < -0.3 is 4.90 Å². The Morgan fingerprint density at radius 1 is 1.23 bits per heavy atom. The molecule has 1 aliphatic heterocycles. The Kier molecular flexibility index (Phi) is 4.59. The molecule has 0 aliphatic carbocycles. The number of carbonyl (C=O) groups excluding carboxylic acids is 1. The molecule has 26 heavy (non-hydrogen) atoms. The number of nitrogens with zero attached hydrogens (tertiary/aromatic N) is 4. The fourth-order valence-corrected chi connectivity index (χ4v) is 4.47. The molecule has 0 spiro atoms. The van der Waals surface area contributed by atoms with E-state index in [9.17, 15) is 4.79 Å². The SMILES string of the molecule is Cc1csc(C2CCCN(C(=O)c3cnn(-c4ccccc4)c3C)C2)n1. The van der Waals surface area contributed by atoms with Gasteiger partial charge >= 0.3 is 0 Å². The highest BCUT2D eigenvalue weighted by atomic mass is 32.1. The molecule has 2 aromatic heterocycles. The first-order valence-corrected chi connectivity index (χ1v) is 9.83. The predicted molar refractivity (Wildman–Crippen MR) is 103 cm³/mol. The number of aryl methyl sites for hydroxylation is 1. The smallest absolute Gasteiger partial charge is 0.257 e. The molecule has 1 fully saturated rings. The zero-order valence-electron chi connectivity index (χ0n) is 15.1. The average molecular weight is 366 g/mol. The van der Waals surface area contributed by atoms with E-state index in [-0.39, 0.29) is 5.91 Å². The van der Waals surface area contributed by atoms with Crippen LogP contribution in [0.5, 0.6) is 0 Å². The number of rotatable bonds is 3. The minimum Gasteiger partial charge on any atom is -0.338 e. The van der Waals surface area contributed by atoms with Gasteiger partial charge in [-0.3, -0.25) is 4.79 Å². The van der Waals surface area contributed by atoms with Gasteiger partial charge in [-0.05, 0) is 38.8 Å². The fourth-order valence-electron chi connectivity index (χ4n) is 3.54. The van der Waals surface area contributed by atoms with Crippen molar-refractivity contribution in [2.24, 2.45) is 0 Å². The number of hydrogen-bond donors (Lipinski definition) is 0. The van der Waals surface area contributed by atoms with Crippen molar-refractivity contribution in [2.75, 3.05) is 13.1 Å². The number of para-hydroxylation sites is 1. The van der Waals surface area contributed by atoms with Crippen LogP contribution in [0.2, 0.25) is 0 Å². The van der Waals surface area contributed by atoms with E-state index in [4.69, 9.17) is 0 Å². The van der Waals surface area contributed by atoms with Crippen molar-refractivity contribution >= 4 is 17.2 Å². The van der Waals surface area contributed by atoms with Crippen molar-refractivity contribution in [1.82, 2.24) is 19.7 Å². The zero-order chi connectivity index (χ0) is 18.1. The monoisotopic (exact) mass is 366 g/mol. The summed E-state index contributed by atoms with van der Waals surface area (Å²) in [5.41, 5.74) is 3.60. The molecule has 1 aliphatic rings. The third-order valence-corrected chi connectivity index (χ3v) is 6.06. The van der Waals surface area contributed by atoms with E-state index in [1.165, 1.54) is 0 Å². The third kappa shape index (κ3) is 3.17. The highest BCUT2D eigenvalue weighted by molar-refractivity contribution is 7.09. The topological polar surface area (TPSA) is 51.0 Å². The summed E-state index contributed by atoms with van der Waals surface area (Å²) in [6, 6.07) is 9.92. The summed E-state index contributed by atoms with van der Waals surface area (Å²) in [7, 11) is 0. The summed E-state index contributed by atoms with van der Waals surface area (Å²) in [6.45, 7) is 5.52. The lowest BCUT2D eigenvalue weighted by Crippen LogP contribution is -2.39. The summed E-state index contributed by atoms with van der Waals surface area (Å²) < 4.78 is 1.83. The molecule has 0 radical (unpaired) electrons. The van der Waals surface area contributed by atoms with Crippen LogP contribution in [0.3, 0.4) is 0 Å². The lowest BCUT2D eigenvalue weighted by molar-refractivity contribution is 0.0706. The third-order valence-electron chi connectivity index (χ3n) is 4.94. The molecule has 5 nitrogen and oxygen atoms in total. The molecule has 3 aromatic rings. The van der Waals surface area contributed by atoms with Crippen molar-refractivity contribution in [3.8, 4) is 5.69 Å². The number of benzene rings is 1. The second-order valence-electron chi connectivity index (χ2n) is 6.81. The van der Waals surface area contributed by atoms with Crippen LogP contribution in [0.1, 0.15) is 45.5 Å². The average Bonchev–Trinajstić information content (AvgIpc) is 3.28. The first-order valence-electron chi connectivity index (χ1n) is 8.95. The minimum absolute atomic E-state index is 0.0719. The second kappa shape index (κ2) is 7.03. The van der Waals surface area contributed by atoms with Gasteiger partial charge in [-0.15, -0.1) is 11.3 Å². The van der Waals surface area contributed by atoms with Gasteiger partial charge in [-0.25, -0.2) is 9.67 Å². The Labute approximate surface area is 157 Å². The van der Waals surface area contributed by atoms with E-state index in [1.807, 2.05) is 53.8 Å². The Bertz CT molecular complexity index is 915. The van der Waals surface area contributed by atoms with Gasteiger partial charge in [-0.2, -0.15) is 5.10 Å². The summed E-state index contributed by atoms with van der Waals surface area (Å²) in [5.74, 6) is 0.415. The fraction of sp³-hybridized carbons (Fsp3) is 0.350. The standard InChI is InChI=1S/C20H22N4OS/c1-14-13-26-19(22-14)16-7-6-10-23(12-16)20(25)18-11-21-24(15(18)2)17-8-4-3-5-9-17/h3-5,8-9,11,13,16H,6-7,10,12H2,1-2H3. The van der Waals surface area contributed by atoms with Gasteiger partial charge in [-0.1, -0.05) is 18.2 Å². The van der Waals surface area contributed by atoms with Crippen LogP contribution in [0, 0.1) is 13.8 Å². The van der Waals surface area contributed by atoms with Crippen LogP contribution in [-0.2, 0) is 0 Å². The molecule has 1 unspecified atom stereocenters. The van der Waals surface area contributed by atoms with Crippen molar-refractivity contribution < 1.29 is 4.79 Å². The lowest BCUT2D eigenvalue weighted by atomic mass is 9.98. The van der Waals surface area contributed by atoms with E-state index in [0.29, 0.717) is 11.5 Å². The molecule has 1 atom stereocenters. The van der Waals surface area contributed by atoms with Gasteiger partial charge in [0.2, 0.25) is 0 Å². The van der Waals surface area contributed by atoms with Crippen molar-refractivity contribution in [3.63, 3.8) is 0 Å². The Hall–Kier alpha value is -2.47. The highest BCUT2D eigenvalue weighted by Gasteiger charge is 2.28. The molecule has 1 amide bonds. The number of amides is 1. The molecule has 4 rings (SSSR count). The first kappa shape index (κ1) is 17.0. The first-order chi connectivity index (χ1) is 12.6. The van der Waals surface area contributed by atoms with E-state index in [1.54, 1.807) is 17.5 Å². The Balaban J connectivity index is 1.55. The number of likely N-dealkylation sites (tertiary alicyclic amines) is 1. The molecule has 0 N–H and O–H groups in total. The molecule has 1 aromatic carbocycles. The van der Waals surface area contributed by atoms with E-state index < -0.39 is 0 Å². The molecule has 0 bridgehead atoms. The van der Waals surface area contributed by atoms with Crippen molar-refractivity contribution in [2.45, 2.75) is 32.6 Å². The van der Waals surface area contributed by atoms with Crippen LogP contribution in [0.15, 0.2) is 41.9 Å². The quantitative estimate of drug-likeness (QED) is 0.705. The van der Waals surface area contributed by atoms with Crippen molar-refractivity contribution in [3.05, 3.63) is 63.9 Å². The summed E-state index contributed by atoms with van der Waals surface area (Å²) in [4.78, 5) is 19.7. The molecule has 6 heteroatoms. The maximum atomic E-state index is 13.1. The maximum Gasteiger partial charge on any atom is 0.257 e. The number of piperidine rings is 1. The van der Waals surface area contributed by atoms with Crippen LogP contribution in [0.4, 0.5) is 0 Å². The van der Waals surface area contributed by atoms with Gasteiger partial charge in [0, 0.05) is 30.1 Å². The van der Waals surface area contributed by atoms with Crippen LogP contribution in [-0.4, -0.2) is 38.7 Å². The predicted octanol–water partition coefficient (Wildman–Crippen LogP) is 3.97. The maximum absolute atomic E-state index is 13.1. The lowest BCUT2D eigenvalue weighted by Gasteiger charge is -2.31. The largest absolute Gasteiger partial charge is 0.338 e. The summed E-state index contributed by atoms with van der Waals surface area (Å²) in [5, 5.41) is 7.68. The minimum atomic E-state index is 0.0719. The van der Waals surface area contributed by atoms with Gasteiger partial charge in [0.1, 0.15) is 0 Å². The van der Waals surface area contributed by atoms with E-state index in [2.05, 4.69) is 15.5 Å². The van der Waals surface area contributed by atoms with E-state index in [0.717, 1.165) is 48.0 Å². The second-order valence-corrected chi connectivity index (χ2v) is 7.70. The molecule has 3 heterocycles. The molecule has 1 saturated heterocycles. The van der Waals surface area contributed by atoms with Crippen LogP contribution in [0.25, 0.3) is 5.69 Å². The Morgan fingerprint density at radius 3 is 2.77 bits per heavy atom. The van der Waals surface area contributed by atoms with Gasteiger partial charge in [0.05, 0.1) is 28.1 Å². The zero-order valence-corrected chi connectivity index (χ0v) is 15.9. The highest BCUT2D eigenvalue weighted by Crippen LogP contribution is 2.30. The van der Waals surface area contributed by atoms with Crippen LogP contribution >= 0.6 is 11.3 Å². The number of aromatic nitrogens is 3. The van der Waals surface area contributed by atoms with Crippen molar-refractivity contribution in [1.29, 1.82) is 0 Å². The number of carbonyl (C=O) groups is 1. The molecular formula is C20H22N4OS. The van der Waals surface area contributed by atoms with E-state index >= 15 is 0 Å². The molecule has 0 saturated carbocycles. The Morgan fingerprint density at radius 2 is 2.04 bits per heavy atom. The van der Waals surface area contributed by atoms with Crippen LogP contribution < -0.4 is 0 Å². The van der Waals surface area contributed by atoms with Gasteiger partial charge in [0.15, 0.2) is 0 Å². The number of hydrogen-bond acceptors (Lipinski definition) is 4. The summed E-state index contributed by atoms with van der Waals surface area (Å²) >= 11 is 1.70. The molecule has 134 valence electrons. The van der Waals surface area contributed by atoms with Gasteiger partial charge in [0.25, 0.3) is 5.91 Å². The normalized spacial score (nSPS) is 17.5.